The van der Waals surface area contributed by atoms with Gasteiger partial charge in [-0.25, -0.2) is 10.8 Å². The highest BCUT2D eigenvalue weighted by Crippen LogP contribution is 2.25. The van der Waals surface area contributed by atoms with Gasteiger partial charge in [-0.2, -0.15) is 0 Å². The van der Waals surface area contributed by atoms with E-state index in [0.29, 0.717) is 23.2 Å². The molecule has 0 unspecified atom stereocenters. The molecule has 2 aromatic carbocycles. The van der Waals surface area contributed by atoms with E-state index in [1.165, 1.54) is 0 Å². The molecule has 0 aliphatic carbocycles. The minimum absolute atomic E-state index is 0.400. The van der Waals surface area contributed by atoms with E-state index in [4.69, 9.17) is 5.84 Å². The third-order valence-electron chi connectivity index (χ3n) is 4.16. The Morgan fingerprint density at radius 1 is 0.808 bits per heavy atom. The first kappa shape index (κ1) is 14.5. The molecule has 0 aliphatic heterocycles. The fraction of sp³-hybridized carbons (Fsp3) is 0. The Bertz CT molecular complexity index is 1220. The minimum Gasteiger partial charge on any atom is -0.292 e. The molecular weight excluding hydrogens is 330 g/mol. The van der Waals surface area contributed by atoms with E-state index in [1.54, 1.807) is 15.3 Å². The van der Waals surface area contributed by atoms with Crippen molar-refractivity contribution >= 4 is 22.5 Å². The number of anilines is 1. The first-order valence-corrected chi connectivity index (χ1v) is 7.93. The number of nitrogens with zero attached hydrogens (tertiary/aromatic N) is 7. The highest BCUT2D eigenvalue weighted by Gasteiger charge is 2.20. The van der Waals surface area contributed by atoms with Crippen LogP contribution in [0.3, 0.4) is 0 Å². The number of rotatable bonds is 3. The third kappa shape index (κ3) is 2.04. The second-order valence-corrected chi connectivity index (χ2v) is 5.64. The molecule has 9 nitrogen and oxygen atoms in total. The van der Waals surface area contributed by atoms with Gasteiger partial charge in [0.2, 0.25) is 17.6 Å². The lowest BCUT2D eigenvalue weighted by atomic mass is 10.2. The zero-order chi connectivity index (χ0) is 17.5. The van der Waals surface area contributed by atoms with Crippen LogP contribution in [0.5, 0.6) is 0 Å². The van der Waals surface area contributed by atoms with Crippen LogP contribution in [0, 0.1) is 0 Å². The Kier molecular flexibility index (Phi) is 3.12. The molecule has 0 spiro atoms. The summed E-state index contributed by atoms with van der Waals surface area (Å²) in [6.45, 7) is 0. The molecule has 126 valence electrons. The van der Waals surface area contributed by atoms with Crippen LogP contribution in [0.4, 0.5) is 5.95 Å². The molecule has 5 rings (SSSR count). The Balaban J connectivity index is 1.79. The van der Waals surface area contributed by atoms with Crippen molar-refractivity contribution in [3.05, 3.63) is 60.9 Å². The van der Waals surface area contributed by atoms with Crippen molar-refractivity contribution in [3.8, 4) is 17.3 Å². The summed E-state index contributed by atoms with van der Waals surface area (Å²) in [7, 11) is 0. The van der Waals surface area contributed by atoms with Crippen LogP contribution in [0.1, 0.15) is 0 Å². The van der Waals surface area contributed by atoms with Crippen LogP contribution in [0.2, 0.25) is 0 Å². The molecule has 0 radical (unpaired) electrons. The number of benzene rings is 2. The van der Waals surface area contributed by atoms with Crippen molar-refractivity contribution in [1.82, 2.24) is 34.3 Å². The van der Waals surface area contributed by atoms with Gasteiger partial charge in [0.15, 0.2) is 5.65 Å². The maximum Gasteiger partial charge on any atom is 0.243 e. The second kappa shape index (κ2) is 5.60. The van der Waals surface area contributed by atoms with E-state index in [9.17, 15) is 0 Å². The molecule has 0 saturated heterocycles. The van der Waals surface area contributed by atoms with Gasteiger partial charge in [0.05, 0.1) is 11.2 Å². The Labute approximate surface area is 147 Å². The van der Waals surface area contributed by atoms with Crippen LogP contribution >= 0.6 is 0 Å². The first-order chi connectivity index (χ1) is 12.9. The summed E-state index contributed by atoms with van der Waals surface area (Å²) in [6.07, 6.45) is 1.69. The average Bonchev–Trinajstić information content (AvgIpc) is 3.32. The van der Waals surface area contributed by atoms with Gasteiger partial charge in [0, 0.05) is 5.39 Å². The zero-order valence-electron chi connectivity index (χ0n) is 13.5. The number of nitrogens with two attached hydrogens (primary N) is 1. The molecule has 26 heavy (non-hydrogen) atoms. The Morgan fingerprint density at radius 3 is 2.42 bits per heavy atom. The van der Waals surface area contributed by atoms with Gasteiger partial charge in [-0.1, -0.05) is 30.3 Å². The number of para-hydroxylation sites is 2. The van der Waals surface area contributed by atoms with Crippen LogP contribution in [0.25, 0.3) is 33.9 Å². The summed E-state index contributed by atoms with van der Waals surface area (Å²) < 4.78 is 3.58. The van der Waals surface area contributed by atoms with Crippen molar-refractivity contribution in [2.45, 2.75) is 0 Å². The lowest BCUT2D eigenvalue weighted by Crippen LogP contribution is -2.13. The zero-order valence-corrected chi connectivity index (χ0v) is 13.5. The normalized spacial score (nSPS) is 11.3. The highest BCUT2D eigenvalue weighted by molar-refractivity contribution is 5.91. The topological polar surface area (TPSA) is 112 Å². The monoisotopic (exact) mass is 343 g/mol. The van der Waals surface area contributed by atoms with Crippen LogP contribution in [-0.4, -0.2) is 34.3 Å². The maximum atomic E-state index is 5.61. The van der Waals surface area contributed by atoms with Gasteiger partial charge in [-0.15, -0.1) is 20.4 Å². The lowest BCUT2D eigenvalue weighted by Gasteiger charge is -2.08. The predicted octanol–water partition coefficient (Wildman–Crippen LogP) is 1.81. The molecule has 0 aliphatic rings. The molecule has 9 heteroatoms. The standard InChI is InChI=1S/C17H13N9/c18-20-17-24-23-16(26(17)11-6-2-1-3-7-11)15-22-21-14-12-8-4-5-9-13(12)19-10-25(14)15/h1-10H,18H2,(H,20,24). The molecule has 0 saturated carbocycles. The quantitative estimate of drug-likeness (QED) is 0.379. The molecule has 3 heterocycles. The SMILES string of the molecule is NNc1nnc(-c2nnc3c4ccccc4ncn23)n1-c1ccccc1. The van der Waals surface area contributed by atoms with Gasteiger partial charge in [-0.05, 0) is 24.3 Å². The number of aromatic nitrogens is 7. The third-order valence-corrected chi connectivity index (χ3v) is 4.16. The number of hydrogen-bond donors (Lipinski definition) is 2. The molecule has 0 amide bonds. The second-order valence-electron chi connectivity index (χ2n) is 5.64. The predicted molar refractivity (Wildman–Crippen MR) is 96.5 cm³/mol. The van der Waals surface area contributed by atoms with Crippen molar-refractivity contribution < 1.29 is 0 Å². The summed E-state index contributed by atoms with van der Waals surface area (Å²) >= 11 is 0. The van der Waals surface area contributed by atoms with Crippen LogP contribution in [0.15, 0.2) is 60.9 Å². The van der Waals surface area contributed by atoms with E-state index >= 15 is 0 Å². The number of fused-ring (bicyclic) bond motifs is 3. The van der Waals surface area contributed by atoms with Gasteiger partial charge >= 0.3 is 0 Å². The fourth-order valence-electron chi connectivity index (χ4n) is 2.98. The molecule has 3 aromatic heterocycles. The van der Waals surface area contributed by atoms with E-state index in [0.717, 1.165) is 16.6 Å². The highest BCUT2D eigenvalue weighted by atomic mass is 15.4. The van der Waals surface area contributed by atoms with Crippen LogP contribution < -0.4 is 11.3 Å². The van der Waals surface area contributed by atoms with E-state index in [-0.39, 0.29) is 0 Å². The van der Waals surface area contributed by atoms with E-state index < -0.39 is 0 Å². The van der Waals surface area contributed by atoms with Crippen molar-refractivity contribution in [1.29, 1.82) is 0 Å². The molecule has 3 N–H and O–H groups in total. The minimum atomic E-state index is 0.400. The molecule has 0 atom stereocenters. The fourth-order valence-corrected chi connectivity index (χ4v) is 2.98. The van der Waals surface area contributed by atoms with Crippen molar-refractivity contribution in [3.63, 3.8) is 0 Å². The summed E-state index contributed by atoms with van der Waals surface area (Å²) in [5.41, 5.74) is 4.98. The lowest BCUT2D eigenvalue weighted by molar-refractivity contribution is 0.991. The Hall–Kier alpha value is -3.85. The van der Waals surface area contributed by atoms with E-state index in [1.807, 2.05) is 54.6 Å². The number of nitrogen functional groups attached to an aromatic ring is 1. The van der Waals surface area contributed by atoms with Gasteiger partial charge in [-0.3, -0.25) is 14.4 Å². The van der Waals surface area contributed by atoms with Crippen molar-refractivity contribution in [2.24, 2.45) is 5.84 Å². The molecule has 0 fully saturated rings. The average molecular weight is 343 g/mol. The number of hydrazine groups is 1. The van der Waals surface area contributed by atoms with Gasteiger partial charge < -0.3 is 0 Å². The number of nitrogens with one attached hydrogen (secondary N) is 1. The van der Waals surface area contributed by atoms with E-state index in [2.05, 4.69) is 30.8 Å². The molecular formula is C17H13N9. The molecule has 5 aromatic rings. The van der Waals surface area contributed by atoms with Gasteiger partial charge in [0.25, 0.3) is 0 Å². The van der Waals surface area contributed by atoms with Crippen LogP contribution in [-0.2, 0) is 0 Å². The largest absolute Gasteiger partial charge is 0.292 e. The van der Waals surface area contributed by atoms with Gasteiger partial charge in [0.1, 0.15) is 6.33 Å². The summed E-state index contributed by atoms with van der Waals surface area (Å²) in [5, 5.41) is 17.9. The Morgan fingerprint density at radius 2 is 1.58 bits per heavy atom. The smallest absolute Gasteiger partial charge is 0.243 e. The first-order valence-electron chi connectivity index (χ1n) is 7.93. The summed E-state index contributed by atoms with van der Waals surface area (Å²) in [6, 6.07) is 17.4. The summed E-state index contributed by atoms with van der Waals surface area (Å²) in [5.74, 6) is 7.05. The van der Waals surface area contributed by atoms with Crippen molar-refractivity contribution in [2.75, 3.05) is 5.43 Å². The summed E-state index contributed by atoms with van der Waals surface area (Å²) in [4.78, 5) is 4.48. The number of hydrogen-bond acceptors (Lipinski definition) is 7. The maximum absolute atomic E-state index is 5.61. The molecule has 0 bridgehead atoms.